The number of hydrogen-bond donors (Lipinski definition) is 0. The van der Waals surface area contributed by atoms with Gasteiger partial charge in [0, 0.05) is 12.1 Å². The molecule has 7 nitrogen and oxygen atoms in total. The summed E-state index contributed by atoms with van der Waals surface area (Å²) in [6.07, 6.45) is 5.57. The lowest BCUT2D eigenvalue weighted by molar-refractivity contribution is -0.388. The third kappa shape index (κ3) is 5.25. The van der Waals surface area contributed by atoms with Gasteiger partial charge in [-0.1, -0.05) is 39.0 Å². The summed E-state index contributed by atoms with van der Waals surface area (Å²) in [5, 5.41) is 10.5. The Morgan fingerprint density at radius 1 is 1.18 bits per heavy atom. The van der Waals surface area contributed by atoms with Gasteiger partial charge >= 0.3 is 5.69 Å². The minimum atomic E-state index is -3.79. The summed E-state index contributed by atoms with van der Waals surface area (Å²) >= 11 is 0. The van der Waals surface area contributed by atoms with Crippen LogP contribution in [0.2, 0.25) is 0 Å². The third-order valence-corrected chi connectivity index (χ3v) is 5.00. The largest absolute Gasteiger partial charge is 0.481 e. The molecule has 124 valence electrons. The van der Waals surface area contributed by atoms with Gasteiger partial charge in [-0.3, -0.25) is 10.1 Å². The van der Waals surface area contributed by atoms with E-state index in [0.717, 1.165) is 38.2 Å². The topological polar surface area (TPSA) is 99.4 Å². The SMILES string of the molecule is CCCCCCCCS(=O)(=O)c1nc(OC)ccc1[N+](=O)[O-]. The Morgan fingerprint density at radius 2 is 1.82 bits per heavy atom. The highest BCUT2D eigenvalue weighted by Crippen LogP contribution is 2.26. The molecule has 1 rings (SSSR count). The van der Waals surface area contributed by atoms with Crippen molar-refractivity contribution in [2.24, 2.45) is 0 Å². The predicted octanol–water partition coefficient (Wildman–Crippen LogP) is 3.13. The molecule has 0 saturated carbocycles. The molecule has 22 heavy (non-hydrogen) atoms. The molecule has 0 aliphatic heterocycles. The first-order valence-corrected chi connectivity index (χ1v) is 8.99. The number of sulfone groups is 1. The van der Waals surface area contributed by atoms with Crippen LogP contribution in [0.5, 0.6) is 5.88 Å². The first-order chi connectivity index (χ1) is 10.4. The first-order valence-electron chi connectivity index (χ1n) is 7.34. The van der Waals surface area contributed by atoms with Crippen LogP contribution in [0, 0.1) is 10.1 Å². The van der Waals surface area contributed by atoms with Crippen LogP contribution >= 0.6 is 0 Å². The zero-order chi connectivity index (χ0) is 16.6. The molecule has 0 fully saturated rings. The average Bonchev–Trinajstić information content (AvgIpc) is 2.50. The summed E-state index contributed by atoms with van der Waals surface area (Å²) in [6, 6.07) is 2.39. The Balaban J connectivity index is 2.81. The number of ether oxygens (including phenoxy) is 1. The molecular weight excluding hydrogens is 308 g/mol. The lowest BCUT2D eigenvalue weighted by Crippen LogP contribution is -2.12. The Kier molecular flexibility index (Phi) is 7.23. The molecule has 0 N–H and O–H groups in total. The summed E-state index contributed by atoms with van der Waals surface area (Å²) in [4.78, 5) is 14.0. The van der Waals surface area contributed by atoms with E-state index in [9.17, 15) is 18.5 Å². The van der Waals surface area contributed by atoms with Gasteiger partial charge in [0.2, 0.25) is 20.7 Å². The summed E-state index contributed by atoms with van der Waals surface area (Å²) < 4.78 is 29.4. The quantitative estimate of drug-likeness (QED) is 0.371. The Morgan fingerprint density at radius 3 is 2.41 bits per heavy atom. The van der Waals surface area contributed by atoms with Crippen LogP contribution in [0.1, 0.15) is 45.4 Å². The fourth-order valence-electron chi connectivity index (χ4n) is 2.07. The number of hydrogen-bond acceptors (Lipinski definition) is 6. The summed E-state index contributed by atoms with van der Waals surface area (Å²) in [6.45, 7) is 2.11. The minimum absolute atomic E-state index is 0.0483. The van der Waals surface area contributed by atoms with Crippen molar-refractivity contribution in [2.75, 3.05) is 12.9 Å². The van der Waals surface area contributed by atoms with Gasteiger partial charge in [0.05, 0.1) is 17.8 Å². The Bertz CT molecular complexity index is 601. The minimum Gasteiger partial charge on any atom is -0.481 e. The normalized spacial score (nSPS) is 11.4. The second-order valence-electron chi connectivity index (χ2n) is 5.02. The maximum atomic E-state index is 12.3. The monoisotopic (exact) mass is 330 g/mol. The van der Waals surface area contributed by atoms with Crippen LogP contribution in [0.4, 0.5) is 5.69 Å². The molecule has 0 saturated heterocycles. The van der Waals surface area contributed by atoms with Crippen LogP contribution < -0.4 is 4.74 Å². The molecule has 1 aromatic heterocycles. The molecule has 0 amide bonds. The number of nitro groups is 1. The van der Waals surface area contributed by atoms with Gasteiger partial charge < -0.3 is 4.74 Å². The lowest BCUT2D eigenvalue weighted by Gasteiger charge is -2.06. The Hall–Kier alpha value is -1.70. The number of methoxy groups -OCH3 is 1. The van der Waals surface area contributed by atoms with Gasteiger partial charge in [-0.05, 0) is 6.42 Å². The smallest absolute Gasteiger partial charge is 0.306 e. The number of pyridine rings is 1. The lowest BCUT2D eigenvalue weighted by atomic mass is 10.1. The number of aromatic nitrogens is 1. The van der Waals surface area contributed by atoms with E-state index in [1.165, 1.54) is 13.2 Å². The van der Waals surface area contributed by atoms with Gasteiger partial charge in [-0.2, -0.15) is 4.98 Å². The first kappa shape index (κ1) is 18.3. The van der Waals surface area contributed by atoms with Crippen molar-refractivity contribution in [1.29, 1.82) is 0 Å². The van der Waals surface area contributed by atoms with E-state index in [1.54, 1.807) is 0 Å². The van der Waals surface area contributed by atoms with Gasteiger partial charge in [0.25, 0.3) is 0 Å². The Labute approximate surface area is 130 Å². The second-order valence-corrected chi connectivity index (χ2v) is 7.05. The molecule has 0 aromatic carbocycles. The van der Waals surface area contributed by atoms with Gasteiger partial charge in [-0.15, -0.1) is 0 Å². The summed E-state index contributed by atoms with van der Waals surface area (Å²) in [5.41, 5.74) is -0.508. The van der Waals surface area contributed by atoms with E-state index in [0.29, 0.717) is 6.42 Å². The van der Waals surface area contributed by atoms with E-state index < -0.39 is 25.5 Å². The standard InChI is InChI=1S/C14H22N2O5S/c1-3-4-5-6-7-8-11-22(19,20)14-12(16(17)18)9-10-13(15-14)21-2/h9-10H,3-8,11H2,1-2H3. The van der Waals surface area contributed by atoms with Crippen molar-refractivity contribution in [1.82, 2.24) is 4.98 Å². The van der Waals surface area contributed by atoms with Crippen molar-refractivity contribution in [3.8, 4) is 5.88 Å². The zero-order valence-corrected chi connectivity index (χ0v) is 13.8. The highest BCUT2D eigenvalue weighted by molar-refractivity contribution is 7.91. The number of rotatable bonds is 10. The van der Waals surface area contributed by atoms with Gasteiger partial charge in [0.15, 0.2) is 0 Å². The van der Waals surface area contributed by atoms with Crippen LogP contribution in [-0.2, 0) is 9.84 Å². The second kappa shape index (κ2) is 8.67. The molecule has 0 aliphatic carbocycles. The van der Waals surface area contributed by atoms with Crippen molar-refractivity contribution in [3.63, 3.8) is 0 Å². The zero-order valence-electron chi connectivity index (χ0n) is 12.9. The molecule has 0 aliphatic rings. The fraction of sp³-hybridized carbons (Fsp3) is 0.643. The van der Waals surface area contributed by atoms with Crippen LogP contribution in [-0.4, -0.2) is 31.2 Å². The van der Waals surface area contributed by atoms with Gasteiger partial charge in [-0.25, -0.2) is 8.42 Å². The van der Waals surface area contributed by atoms with E-state index >= 15 is 0 Å². The average molecular weight is 330 g/mol. The predicted molar refractivity (Wildman–Crippen MR) is 82.9 cm³/mol. The molecule has 0 bridgehead atoms. The molecule has 1 aromatic rings. The fourth-order valence-corrected chi connectivity index (χ4v) is 3.53. The molecule has 8 heteroatoms. The molecule has 0 unspecified atom stereocenters. The molecule has 0 radical (unpaired) electrons. The number of nitrogens with zero attached hydrogens (tertiary/aromatic N) is 2. The van der Waals surface area contributed by atoms with Crippen molar-refractivity contribution < 1.29 is 18.1 Å². The molecule has 0 spiro atoms. The maximum absolute atomic E-state index is 12.3. The van der Waals surface area contributed by atoms with Crippen LogP contribution in [0.3, 0.4) is 0 Å². The highest BCUT2D eigenvalue weighted by Gasteiger charge is 2.28. The van der Waals surface area contributed by atoms with Crippen molar-refractivity contribution >= 4 is 15.5 Å². The molecule has 1 heterocycles. The van der Waals surface area contributed by atoms with Crippen LogP contribution in [0.15, 0.2) is 17.2 Å². The van der Waals surface area contributed by atoms with E-state index in [1.807, 2.05) is 0 Å². The molecule has 0 atom stereocenters. The van der Waals surface area contributed by atoms with E-state index in [2.05, 4.69) is 11.9 Å². The summed E-state index contributed by atoms with van der Waals surface area (Å²) in [7, 11) is -2.46. The van der Waals surface area contributed by atoms with Crippen LogP contribution in [0.25, 0.3) is 0 Å². The van der Waals surface area contributed by atoms with E-state index in [-0.39, 0.29) is 11.6 Å². The maximum Gasteiger partial charge on any atom is 0.306 e. The van der Waals surface area contributed by atoms with Crippen molar-refractivity contribution in [3.05, 3.63) is 22.2 Å². The highest BCUT2D eigenvalue weighted by atomic mass is 32.2. The third-order valence-electron chi connectivity index (χ3n) is 3.28. The number of unbranched alkanes of at least 4 members (excludes halogenated alkanes) is 5. The van der Waals surface area contributed by atoms with Crippen molar-refractivity contribution in [2.45, 2.75) is 50.5 Å². The van der Waals surface area contributed by atoms with E-state index in [4.69, 9.17) is 4.74 Å². The molecular formula is C14H22N2O5S. The van der Waals surface area contributed by atoms with Gasteiger partial charge in [0.1, 0.15) is 0 Å². The summed E-state index contributed by atoms with van der Waals surface area (Å²) in [5.74, 6) is -0.0905.